The summed E-state index contributed by atoms with van der Waals surface area (Å²) < 4.78 is 29.0. The van der Waals surface area contributed by atoms with E-state index in [-0.39, 0.29) is 6.54 Å². The van der Waals surface area contributed by atoms with Crippen LogP contribution in [0.5, 0.6) is 0 Å². The number of sulfonamides is 1. The number of rotatable bonds is 8. The molecule has 0 aliphatic carbocycles. The normalized spacial score (nSPS) is 11.9. The highest BCUT2D eigenvalue weighted by molar-refractivity contribution is 7.91. The first-order valence-corrected chi connectivity index (χ1v) is 9.08. The Morgan fingerprint density at radius 2 is 2.14 bits per heavy atom. The number of aromatic nitrogens is 2. The first kappa shape index (κ1) is 16.2. The second-order valence-corrected chi connectivity index (χ2v) is 7.91. The fourth-order valence-corrected chi connectivity index (χ4v) is 4.19. The molecule has 2 aromatic heterocycles. The molecule has 116 valence electrons. The summed E-state index contributed by atoms with van der Waals surface area (Å²) in [6.07, 6.45) is 4.50. The molecule has 2 aromatic rings. The molecule has 0 aliphatic rings. The predicted molar refractivity (Wildman–Crippen MR) is 83.6 cm³/mol. The molecular weight excluding hydrogens is 308 g/mol. The van der Waals surface area contributed by atoms with Crippen molar-refractivity contribution in [2.45, 2.75) is 30.6 Å². The fraction of sp³-hybridized carbons (Fsp3) is 0.462. The topological polar surface area (TPSA) is 76.0 Å². The van der Waals surface area contributed by atoms with Crippen LogP contribution in [0.4, 0.5) is 0 Å². The van der Waals surface area contributed by atoms with E-state index >= 15 is 0 Å². The van der Waals surface area contributed by atoms with Crippen molar-refractivity contribution >= 4 is 21.4 Å². The lowest BCUT2D eigenvalue weighted by atomic mass is 10.4. The molecule has 2 heterocycles. The van der Waals surface area contributed by atoms with E-state index in [0.29, 0.717) is 10.8 Å². The second-order valence-electron chi connectivity index (χ2n) is 4.74. The molecule has 2 N–H and O–H groups in total. The molecule has 0 saturated heterocycles. The molecule has 2 rings (SSSR count). The predicted octanol–water partition coefficient (Wildman–Crippen LogP) is 1.46. The van der Waals surface area contributed by atoms with Gasteiger partial charge in [0.05, 0.1) is 6.20 Å². The highest BCUT2D eigenvalue weighted by Gasteiger charge is 2.16. The van der Waals surface area contributed by atoms with Gasteiger partial charge in [-0.1, -0.05) is 6.92 Å². The number of nitrogens with zero attached hydrogens (tertiary/aromatic N) is 2. The summed E-state index contributed by atoms with van der Waals surface area (Å²) in [5, 5.41) is 7.27. The highest BCUT2D eigenvalue weighted by Crippen LogP contribution is 2.21. The summed E-state index contributed by atoms with van der Waals surface area (Å²) in [5.41, 5.74) is 0.836. The minimum absolute atomic E-state index is 0.248. The highest BCUT2D eigenvalue weighted by atomic mass is 32.2. The summed E-state index contributed by atoms with van der Waals surface area (Å²) in [4.78, 5) is 1.02. The van der Waals surface area contributed by atoms with Crippen LogP contribution in [-0.2, 0) is 30.2 Å². The van der Waals surface area contributed by atoms with Crippen molar-refractivity contribution in [3.05, 3.63) is 35.0 Å². The molecular formula is C13H20N4O2S2. The van der Waals surface area contributed by atoms with Gasteiger partial charge in [0.25, 0.3) is 0 Å². The van der Waals surface area contributed by atoms with Crippen molar-refractivity contribution < 1.29 is 8.42 Å². The molecule has 0 spiro atoms. The third-order valence-electron chi connectivity index (χ3n) is 2.85. The number of thiophene rings is 1. The van der Waals surface area contributed by atoms with Crippen molar-refractivity contribution in [2.24, 2.45) is 7.05 Å². The Morgan fingerprint density at radius 1 is 1.33 bits per heavy atom. The van der Waals surface area contributed by atoms with Gasteiger partial charge in [-0.05, 0) is 25.1 Å². The van der Waals surface area contributed by atoms with E-state index in [9.17, 15) is 8.42 Å². The Labute approximate surface area is 129 Å². The van der Waals surface area contributed by atoms with Gasteiger partial charge in [-0.2, -0.15) is 5.10 Å². The van der Waals surface area contributed by atoms with Gasteiger partial charge in [0.1, 0.15) is 4.21 Å². The summed E-state index contributed by atoms with van der Waals surface area (Å²) in [7, 11) is -1.66. The first-order valence-electron chi connectivity index (χ1n) is 6.78. The molecule has 21 heavy (non-hydrogen) atoms. The van der Waals surface area contributed by atoms with E-state index in [2.05, 4.69) is 22.1 Å². The second kappa shape index (κ2) is 7.17. The van der Waals surface area contributed by atoms with E-state index in [1.54, 1.807) is 30.2 Å². The summed E-state index contributed by atoms with van der Waals surface area (Å²) in [6.45, 7) is 3.98. The standard InChI is InChI=1S/C13H20N4O2S2/c1-3-6-14-9-12-4-5-13(20-12)21(18,19)16-8-11-7-15-17(2)10-11/h4-5,7,10,14,16H,3,6,8-9H2,1-2H3. The summed E-state index contributed by atoms with van der Waals surface area (Å²) >= 11 is 1.30. The lowest BCUT2D eigenvalue weighted by Crippen LogP contribution is -2.22. The minimum atomic E-state index is -3.46. The van der Waals surface area contributed by atoms with Crippen LogP contribution in [0.15, 0.2) is 28.7 Å². The van der Waals surface area contributed by atoms with Crippen LogP contribution in [0.2, 0.25) is 0 Å². The van der Waals surface area contributed by atoms with Crippen LogP contribution in [0.1, 0.15) is 23.8 Å². The van der Waals surface area contributed by atoms with E-state index < -0.39 is 10.0 Å². The van der Waals surface area contributed by atoms with Crippen molar-refractivity contribution in [3.63, 3.8) is 0 Å². The lowest BCUT2D eigenvalue weighted by Gasteiger charge is -2.03. The number of nitrogens with one attached hydrogen (secondary N) is 2. The van der Waals surface area contributed by atoms with Crippen molar-refractivity contribution in [3.8, 4) is 0 Å². The van der Waals surface area contributed by atoms with Crippen LogP contribution >= 0.6 is 11.3 Å². The third kappa shape index (κ3) is 4.63. The Morgan fingerprint density at radius 3 is 2.81 bits per heavy atom. The largest absolute Gasteiger partial charge is 0.312 e. The number of hydrogen-bond donors (Lipinski definition) is 2. The first-order chi connectivity index (χ1) is 10.0. The molecule has 0 bridgehead atoms. The minimum Gasteiger partial charge on any atom is -0.312 e. The molecule has 0 unspecified atom stereocenters. The maximum absolute atomic E-state index is 12.2. The van der Waals surface area contributed by atoms with Crippen molar-refractivity contribution in [2.75, 3.05) is 6.54 Å². The van der Waals surface area contributed by atoms with Crippen LogP contribution in [0, 0.1) is 0 Å². The SMILES string of the molecule is CCCNCc1ccc(S(=O)(=O)NCc2cnn(C)c2)s1. The van der Waals surface area contributed by atoms with Gasteiger partial charge in [-0.3, -0.25) is 4.68 Å². The van der Waals surface area contributed by atoms with Crippen LogP contribution < -0.4 is 10.0 Å². The Kier molecular flexibility index (Phi) is 5.51. The maximum atomic E-state index is 12.2. The van der Waals surface area contributed by atoms with Gasteiger partial charge in [0.2, 0.25) is 10.0 Å². The molecule has 0 aromatic carbocycles. The Balaban J connectivity index is 1.95. The van der Waals surface area contributed by atoms with E-state index in [0.717, 1.165) is 23.4 Å². The molecule has 0 radical (unpaired) electrons. The molecule has 0 saturated carbocycles. The number of hydrogen-bond acceptors (Lipinski definition) is 5. The zero-order valence-corrected chi connectivity index (χ0v) is 13.8. The fourth-order valence-electron chi connectivity index (χ4n) is 1.80. The maximum Gasteiger partial charge on any atom is 0.250 e. The van der Waals surface area contributed by atoms with Crippen LogP contribution in [-0.4, -0.2) is 24.7 Å². The molecule has 6 nitrogen and oxygen atoms in total. The molecule has 8 heteroatoms. The molecule has 0 atom stereocenters. The smallest absolute Gasteiger partial charge is 0.250 e. The quantitative estimate of drug-likeness (QED) is 0.719. The number of aryl methyl sites for hydroxylation is 1. The van der Waals surface area contributed by atoms with Gasteiger partial charge < -0.3 is 5.32 Å². The van der Waals surface area contributed by atoms with Gasteiger partial charge in [0, 0.05) is 36.8 Å². The molecule has 0 aliphatic heterocycles. The van der Waals surface area contributed by atoms with E-state index in [4.69, 9.17) is 0 Å². The zero-order chi connectivity index (χ0) is 15.3. The average molecular weight is 328 g/mol. The monoisotopic (exact) mass is 328 g/mol. The third-order valence-corrected chi connectivity index (χ3v) is 5.83. The van der Waals surface area contributed by atoms with Gasteiger partial charge in [-0.15, -0.1) is 11.3 Å². The van der Waals surface area contributed by atoms with Crippen LogP contribution in [0.25, 0.3) is 0 Å². The van der Waals surface area contributed by atoms with Gasteiger partial charge in [0.15, 0.2) is 0 Å². The van der Waals surface area contributed by atoms with E-state index in [1.807, 2.05) is 6.07 Å². The van der Waals surface area contributed by atoms with Crippen molar-refractivity contribution in [1.29, 1.82) is 0 Å². The Hall–Kier alpha value is -1.22. The molecule has 0 amide bonds. The summed E-state index contributed by atoms with van der Waals surface area (Å²) in [5.74, 6) is 0. The van der Waals surface area contributed by atoms with Gasteiger partial charge >= 0.3 is 0 Å². The van der Waals surface area contributed by atoms with Crippen molar-refractivity contribution in [1.82, 2.24) is 19.8 Å². The van der Waals surface area contributed by atoms with E-state index in [1.165, 1.54) is 11.3 Å². The lowest BCUT2D eigenvalue weighted by molar-refractivity contribution is 0.583. The zero-order valence-electron chi connectivity index (χ0n) is 12.2. The average Bonchev–Trinajstić information content (AvgIpc) is 3.06. The Bertz CT molecular complexity index is 676. The van der Waals surface area contributed by atoms with Crippen LogP contribution in [0.3, 0.4) is 0 Å². The summed E-state index contributed by atoms with van der Waals surface area (Å²) in [6, 6.07) is 3.51. The molecule has 0 fully saturated rings. The van der Waals surface area contributed by atoms with Gasteiger partial charge in [-0.25, -0.2) is 13.1 Å².